The van der Waals surface area contributed by atoms with E-state index in [0.29, 0.717) is 5.92 Å². The predicted molar refractivity (Wildman–Crippen MR) is 80.9 cm³/mol. The molecule has 4 heteroatoms. The molecule has 1 heterocycles. The normalized spacial score (nSPS) is 11.2. The van der Waals surface area contributed by atoms with E-state index in [0.717, 1.165) is 34.6 Å². The maximum atomic E-state index is 5.55. The molecule has 3 nitrogen and oxygen atoms in total. The summed E-state index contributed by atoms with van der Waals surface area (Å²) in [5, 5.41) is 3.39. The summed E-state index contributed by atoms with van der Waals surface area (Å²) in [5.41, 5.74) is 3.21. The Morgan fingerprint density at radius 2 is 2.16 bits per heavy atom. The lowest BCUT2D eigenvalue weighted by molar-refractivity contribution is 0.545. The molecule has 0 saturated carbocycles. The third-order valence-electron chi connectivity index (χ3n) is 2.86. The highest BCUT2D eigenvalue weighted by Gasteiger charge is 2.13. The Kier molecular flexibility index (Phi) is 4.77. The lowest BCUT2D eigenvalue weighted by atomic mass is 10.1. The summed E-state index contributed by atoms with van der Waals surface area (Å²) >= 11 is 3.59. The first-order valence-electron chi connectivity index (χ1n) is 6.47. The monoisotopic (exact) mass is 322 g/mol. The van der Waals surface area contributed by atoms with Crippen molar-refractivity contribution < 1.29 is 4.42 Å². The van der Waals surface area contributed by atoms with E-state index in [1.165, 1.54) is 12.0 Å². The molecule has 1 aromatic carbocycles. The molecule has 1 aromatic heterocycles. The molecule has 0 saturated heterocycles. The second-order valence-electron chi connectivity index (χ2n) is 5.14. The highest BCUT2D eigenvalue weighted by Crippen LogP contribution is 2.31. The topological polar surface area (TPSA) is 38.1 Å². The zero-order chi connectivity index (χ0) is 13.8. The Balaban J connectivity index is 2.19. The molecule has 2 aromatic rings. The molecule has 0 fully saturated rings. The summed E-state index contributed by atoms with van der Waals surface area (Å²) in [5.74, 6) is 1.46. The molecule has 0 atom stereocenters. The van der Waals surface area contributed by atoms with Gasteiger partial charge in [0, 0.05) is 16.6 Å². The fourth-order valence-electron chi connectivity index (χ4n) is 1.90. The van der Waals surface area contributed by atoms with Crippen LogP contribution in [0.2, 0.25) is 0 Å². The van der Waals surface area contributed by atoms with Gasteiger partial charge in [-0.3, -0.25) is 0 Å². The van der Waals surface area contributed by atoms with Crippen molar-refractivity contribution in [1.82, 2.24) is 10.3 Å². The Hall–Kier alpha value is -1.13. The van der Waals surface area contributed by atoms with Gasteiger partial charge >= 0.3 is 0 Å². The molecule has 0 aliphatic heterocycles. The van der Waals surface area contributed by atoms with E-state index >= 15 is 0 Å². The molecule has 0 amide bonds. The maximum absolute atomic E-state index is 5.55. The predicted octanol–water partition coefficient (Wildman–Crippen LogP) is 4.16. The van der Waals surface area contributed by atoms with Gasteiger partial charge < -0.3 is 9.73 Å². The standard InChI is InChI=1S/C15H19BrN2O/c1-10(2)7-17-8-14-15(19-9-18-14)12-5-4-11(3)6-13(12)16/h4-6,9-10,17H,7-8H2,1-3H3. The minimum absolute atomic E-state index is 0.626. The average molecular weight is 323 g/mol. The van der Waals surface area contributed by atoms with Gasteiger partial charge in [0.25, 0.3) is 0 Å². The Labute approximate surface area is 122 Å². The first-order valence-corrected chi connectivity index (χ1v) is 7.27. The van der Waals surface area contributed by atoms with Crippen LogP contribution in [-0.2, 0) is 6.54 Å². The lowest BCUT2D eigenvalue weighted by Crippen LogP contribution is -2.19. The van der Waals surface area contributed by atoms with Crippen molar-refractivity contribution in [2.75, 3.05) is 6.54 Å². The second-order valence-corrected chi connectivity index (χ2v) is 5.99. The molecule has 2 rings (SSSR count). The molecule has 0 spiro atoms. The first-order chi connectivity index (χ1) is 9.08. The van der Waals surface area contributed by atoms with Crippen LogP contribution in [0, 0.1) is 12.8 Å². The van der Waals surface area contributed by atoms with Crippen molar-refractivity contribution in [3.63, 3.8) is 0 Å². The summed E-state index contributed by atoms with van der Waals surface area (Å²) in [4.78, 5) is 4.30. The molecule has 0 radical (unpaired) electrons. The van der Waals surface area contributed by atoms with Gasteiger partial charge in [-0.15, -0.1) is 0 Å². The van der Waals surface area contributed by atoms with Crippen LogP contribution in [-0.4, -0.2) is 11.5 Å². The molecule has 19 heavy (non-hydrogen) atoms. The number of oxazole rings is 1. The molecule has 102 valence electrons. The molecule has 0 unspecified atom stereocenters. The quantitative estimate of drug-likeness (QED) is 0.898. The van der Waals surface area contributed by atoms with Gasteiger partial charge in [0.05, 0.1) is 0 Å². The van der Waals surface area contributed by atoms with Gasteiger partial charge in [0.1, 0.15) is 5.69 Å². The average Bonchev–Trinajstić information content (AvgIpc) is 2.77. The van der Waals surface area contributed by atoms with Crippen LogP contribution >= 0.6 is 15.9 Å². The van der Waals surface area contributed by atoms with Gasteiger partial charge in [-0.25, -0.2) is 4.98 Å². The van der Waals surface area contributed by atoms with E-state index in [2.05, 4.69) is 65.2 Å². The van der Waals surface area contributed by atoms with Crippen LogP contribution < -0.4 is 5.32 Å². The van der Waals surface area contributed by atoms with E-state index < -0.39 is 0 Å². The number of hydrogen-bond donors (Lipinski definition) is 1. The van der Waals surface area contributed by atoms with Crippen LogP contribution in [0.5, 0.6) is 0 Å². The van der Waals surface area contributed by atoms with Crippen LogP contribution in [0.15, 0.2) is 33.5 Å². The second kappa shape index (κ2) is 6.35. The van der Waals surface area contributed by atoms with Crippen molar-refractivity contribution >= 4 is 15.9 Å². The number of halogens is 1. The summed E-state index contributed by atoms with van der Waals surface area (Å²) in [6.07, 6.45) is 1.51. The number of benzene rings is 1. The number of aromatic nitrogens is 1. The van der Waals surface area contributed by atoms with Gasteiger partial charge in [-0.2, -0.15) is 0 Å². The van der Waals surface area contributed by atoms with E-state index in [-0.39, 0.29) is 0 Å². The molecule has 0 aliphatic rings. The number of nitrogens with zero attached hydrogens (tertiary/aromatic N) is 1. The van der Waals surface area contributed by atoms with Crippen molar-refractivity contribution in [3.8, 4) is 11.3 Å². The van der Waals surface area contributed by atoms with Crippen LogP contribution in [0.1, 0.15) is 25.1 Å². The minimum atomic E-state index is 0.626. The zero-order valence-corrected chi connectivity index (χ0v) is 13.1. The number of nitrogens with one attached hydrogen (secondary N) is 1. The van der Waals surface area contributed by atoms with E-state index in [4.69, 9.17) is 4.42 Å². The Morgan fingerprint density at radius 3 is 2.84 bits per heavy atom. The summed E-state index contributed by atoms with van der Waals surface area (Å²) < 4.78 is 6.58. The number of hydrogen-bond acceptors (Lipinski definition) is 3. The summed E-state index contributed by atoms with van der Waals surface area (Å²) in [6.45, 7) is 8.15. The van der Waals surface area contributed by atoms with Gasteiger partial charge in [0.15, 0.2) is 12.2 Å². The summed E-state index contributed by atoms with van der Waals surface area (Å²) in [7, 11) is 0. The van der Waals surface area contributed by atoms with Crippen LogP contribution in [0.25, 0.3) is 11.3 Å². The van der Waals surface area contributed by atoms with Gasteiger partial charge in [0.2, 0.25) is 0 Å². The number of aryl methyl sites for hydroxylation is 1. The fraction of sp³-hybridized carbons (Fsp3) is 0.400. The maximum Gasteiger partial charge on any atom is 0.181 e. The Morgan fingerprint density at radius 1 is 1.37 bits per heavy atom. The third-order valence-corrected chi connectivity index (χ3v) is 3.51. The molecule has 0 aliphatic carbocycles. The van der Waals surface area contributed by atoms with Crippen molar-refractivity contribution in [3.05, 3.63) is 40.3 Å². The molecular formula is C15H19BrN2O. The third kappa shape index (κ3) is 3.67. The van der Waals surface area contributed by atoms with E-state index in [1.54, 1.807) is 0 Å². The highest BCUT2D eigenvalue weighted by molar-refractivity contribution is 9.10. The fourth-order valence-corrected chi connectivity index (χ4v) is 2.57. The smallest absolute Gasteiger partial charge is 0.181 e. The van der Waals surface area contributed by atoms with Crippen molar-refractivity contribution in [1.29, 1.82) is 0 Å². The lowest BCUT2D eigenvalue weighted by Gasteiger charge is -2.08. The largest absolute Gasteiger partial charge is 0.443 e. The molecular weight excluding hydrogens is 304 g/mol. The zero-order valence-electron chi connectivity index (χ0n) is 11.5. The SMILES string of the molecule is Cc1ccc(-c2ocnc2CNCC(C)C)c(Br)c1. The number of rotatable bonds is 5. The van der Waals surface area contributed by atoms with E-state index in [1.807, 2.05) is 0 Å². The van der Waals surface area contributed by atoms with E-state index in [9.17, 15) is 0 Å². The Bertz CT molecular complexity index is 549. The van der Waals surface area contributed by atoms with Crippen molar-refractivity contribution in [2.45, 2.75) is 27.3 Å². The first kappa shape index (κ1) is 14.3. The molecule has 1 N–H and O–H groups in total. The highest BCUT2D eigenvalue weighted by atomic mass is 79.9. The van der Waals surface area contributed by atoms with Gasteiger partial charge in [-0.1, -0.05) is 35.8 Å². The van der Waals surface area contributed by atoms with Crippen LogP contribution in [0.4, 0.5) is 0 Å². The van der Waals surface area contributed by atoms with Gasteiger partial charge in [-0.05, 0) is 37.1 Å². The van der Waals surface area contributed by atoms with Crippen LogP contribution in [0.3, 0.4) is 0 Å². The minimum Gasteiger partial charge on any atom is -0.443 e. The summed E-state index contributed by atoms with van der Waals surface area (Å²) in [6, 6.07) is 6.23. The molecule has 0 bridgehead atoms. The van der Waals surface area contributed by atoms with Crippen molar-refractivity contribution in [2.24, 2.45) is 5.92 Å².